The Morgan fingerprint density at radius 2 is 2.05 bits per heavy atom. The molecular weight excluding hydrogens is 296 g/mol. The van der Waals surface area contributed by atoms with Gasteiger partial charge >= 0.3 is 0 Å². The van der Waals surface area contributed by atoms with Crippen LogP contribution in [0.5, 0.6) is 0 Å². The molecule has 1 fully saturated rings. The number of nitro groups is 1. The second-order valence-electron chi connectivity index (χ2n) is 5.24. The molecule has 1 saturated carbocycles. The van der Waals surface area contributed by atoms with Gasteiger partial charge in [0.2, 0.25) is 10.0 Å². The molecule has 21 heavy (non-hydrogen) atoms. The third-order valence-electron chi connectivity index (χ3n) is 3.93. The predicted molar refractivity (Wildman–Crippen MR) is 76.2 cm³/mol. The normalized spacial score (nSPS) is 22.3. The zero-order chi connectivity index (χ0) is 15.5. The van der Waals surface area contributed by atoms with E-state index in [-0.39, 0.29) is 35.6 Å². The fourth-order valence-electron chi connectivity index (χ4n) is 2.69. The number of nitro benzene ring substituents is 1. The summed E-state index contributed by atoms with van der Waals surface area (Å²) in [7, 11) is -3.77. The molecule has 116 valence electrons. The molecule has 2 N–H and O–H groups in total. The van der Waals surface area contributed by atoms with E-state index in [1.807, 2.05) is 0 Å². The molecule has 0 amide bonds. The maximum atomic E-state index is 12.2. The van der Waals surface area contributed by atoms with Crippen molar-refractivity contribution in [1.29, 1.82) is 0 Å². The number of hydrogen-bond donors (Lipinski definition) is 2. The summed E-state index contributed by atoms with van der Waals surface area (Å²) in [5, 5.41) is 19.9. The molecule has 0 radical (unpaired) electrons. The zero-order valence-corrected chi connectivity index (χ0v) is 12.3. The van der Waals surface area contributed by atoms with E-state index in [9.17, 15) is 23.6 Å². The van der Waals surface area contributed by atoms with Crippen molar-refractivity contribution in [2.45, 2.75) is 24.2 Å². The van der Waals surface area contributed by atoms with Crippen LogP contribution in [0.15, 0.2) is 29.2 Å². The van der Waals surface area contributed by atoms with Crippen LogP contribution in [0.4, 0.5) is 5.69 Å². The standard InChI is InChI=1S/C13H18N2O5S/c16-9-11-4-1-3-10(11)8-14-21(19,20)13-6-2-5-12(7-13)15(17)18/h2,5-7,10-11,14,16H,1,3-4,8-9H2. The summed E-state index contributed by atoms with van der Waals surface area (Å²) in [6.07, 6.45) is 2.76. The summed E-state index contributed by atoms with van der Waals surface area (Å²) >= 11 is 0. The molecule has 7 nitrogen and oxygen atoms in total. The Kier molecular flexibility index (Phi) is 4.92. The number of sulfonamides is 1. The van der Waals surface area contributed by atoms with Gasteiger partial charge in [0, 0.05) is 25.3 Å². The Morgan fingerprint density at radius 3 is 2.71 bits per heavy atom. The fraction of sp³-hybridized carbons (Fsp3) is 0.538. The molecule has 1 aliphatic rings. The van der Waals surface area contributed by atoms with Gasteiger partial charge in [-0.3, -0.25) is 10.1 Å². The molecule has 2 rings (SSSR count). The van der Waals surface area contributed by atoms with Gasteiger partial charge in [-0.2, -0.15) is 0 Å². The number of hydrogen-bond acceptors (Lipinski definition) is 5. The van der Waals surface area contributed by atoms with Gasteiger partial charge in [-0.15, -0.1) is 0 Å². The van der Waals surface area contributed by atoms with Crippen LogP contribution >= 0.6 is 0 Å². The molecule has 0 aromatic heterocycles. The number of nitrogens with one attached hydrogen (secondary N) is 1. The van der Waals surface area contributed by atoms with Gasteiger partial charge in [-0.25, -0.2) is 13.1 Å². The van der Waals surface area contributed by atoms with Crippen LogP contribution in [0.1, 0.15) is 19.3 Å². The van der Waals surface area contributed by atoms with Crippen molar-refractivity contribution < 1.29 is 18.4 Å². The maximum absolute atomic E-state index is 12.2. The van der Waals surface area contributed by atoms with E-state index in [0.717, 1.165) is 25.3 Å². The number of rotatable bonds is 6. The average molecular weight is 314 g/mol. The van der Waals surface area contributed by atoms with Crippen LogP contribution in [0, 0.1) is 22.0 Å². The highest BCUT2D eigenvalue weighted by Gasteiger charge is 2.28. The SMILES string of the molecule is O=[N+]([O-])c1cccc(S(=O)(=O)NCC2CCCC2CO)c1. The van der Waals surface area contributed by atoms with Gasteiger partial charge in [0.25, 0.3) is 5.69 Å². The van der Waals surface area contributed by atoms with Crippen LogP contribution in [0.2, 0.25) is 0 Å². The molecule has 1 aliphatic carbocycles. The molecule has 1 aromatic rings. The van der Waals surface area contributed by atoms with Crippen molar-refractivity contribution in [1.82, 2.24) is 4.72 Å². The van der Waals surface area contributed by atoms with Gasteiger partial charge in [0.15, 0.2) is 0 Å². The predicted octanol–water partition coefficient (Wildman–Crippen LogP) is 1.28. The molecule has 0 aliphatic heterocycles. The van der Waals surface area contributed by atoms with Crippen molar-refractivity contribution in [3.63, 3.8) is 0 Å². The summed E-state index contributed by atoms with van der Waals surface area (Å²) < 4.78 is 26.8. The third kappa shape index (κ3) is 3.78. The minimum atomic E-state index is -3.77. The van der Waals surface area contributed by atoms with Gasteiger partial charge in [0.1, 0.15) is 0 Å². The van der Waals surface area contributed by atoms with Crippen molar-refractivity contribution in [2.24, 2.45) is 11.8 Å². The third-order valence-corrected chi connectivity index (χ3v) is 5.35. The lowest BCUT2D eigenvalue weighted by atomic mass is 9.97. The zero-order valence-electron chi connectivity index (χ0n) is 11.4. The number of benzene rings is 1. The molecule has 0 saturated heterocycles. The second kappa shape index (κ2) is 6.50. The van der Waals surface area contributed by atoms with E-state index in [0.29, 0.717) is 0 Å². The number of non-ortho nitro benzene ring substituents is 1. The Labute approximate surface area is 123 Å². The average Bonchev–Trinajstić information content (AvgIpc) is 2.93. The quantitative estimate of drug-likeness (QED) is 0.607. The Balaban J connectivity index is 2.08. The minimum Gasteiger partial charge on any atom is -0.396 e. The highest BCUT2D eigenvalue weighted by molar-refractivity contribution is 7.89. The smallest absolute Gasteiger partial charge is 0.270 e. The molecule has 0 spiro atoms. The van der Waals surface area contributed by atoms with Crippen LogP contribution in [0.25, 0.3) is 0 Å². The first-order chi connectivity index (χ1) is 9.94. The number of aliphatic hydroxyl groups excluding tert-OH is 1. The van der Waals surface area contributed by atoms with Crippen LogP contribution in [0.3, 0.4) is 0 Å². The first kappa shape index (κ1) is 15.9. The molecule has 0 heterocycles. The van der Waals surface area contributed by atoms with Gasteiger partial charge in [0.05, 0.1) is 9.82 Å². The van der Waals surface area contributed by atoms with Gasteiger partial charge < -0.3 is 5.11 Å². The summed E-state index contributed by atoms with van der Waals surface area (Å²) in [5.41, 5.74) is -0.257. The van der Waals surface area contributed by atoms with Crippen molar-refractivity contribution >= 4 is 15.7 Å². The summed E-state index contributed by atoms with van der Waals surface area (Å²) in [5.74, 6) is 0.237. The molecule has 2 atom stereocenters. The Bertz CT molecular complexity index is 617. The van der Waals surface area contributed by atoms with E-state index < -0.39 is 14.9 Å². The van der Waals surface area contributed by atoms with Gasteiger partial charge in [-0.1, -0.05) is 12.5 Å². The summed E-state index contributed by atoms with van der Waals surface area (Å²) in [6.45, 7) is 0.305. The van der Waals surface area contributed by atoms with Crippen LogP contribution in [-0.2, 0) is 10.0 Å². The van der Waals surface area contributed by atoms with E-state index in [4.69, 9.17) is 0 Å². The molecule has 8 heteroatoms. The molecule has 2 unspecified atom stereocenters. The highest BCUT2D eigenvalue weighted by Crippen LogP contribution is 2.31. The summed E-state index contributed by atoms with van der Waals surface area (Å²) in [4.78, 5) is 9.95. The van der Waals surface area contributed by atoms with E-state index in [1.165, 1.54) is 18.2 Å². The van der Waals surface area contributed by atoms with Gasteiger partial charge in [-0.05, 0) is 30.7 Å². The lowest BCUT2D eigenvalue weighted by Crippen LogP contribution is -2.31. The second-order valence-corrected chi connectivity index (χ2v) is 7.01. The lowest BCUT2D eigenvalue weighted by Gasteiger charge is -2.17. The lowest BCUT2D eigenvalue weighted by molar-refractivity contribution is -0.385. The Morgan fingerprint density at radius 1 is 1.33 bits per heavy atom. The maximum Gasteiger partial charge on any atom is 0.270 e. The van der Waals surface area contributed by atoms with Crippen molar-refractivity contribution in [3.05, 3.63) is 34.4 Å². The Hall–Kier alpha value is -1.51. The topological polar surface area (TPSA) is 110 Å². The van der Waals surface area contributed by atoms with Crippen molar-refractivity contribution in [3.8, 4) is 0 Å². The first-order valence-corrected chi connectivity index (χ1v) is 8.27. The minimum absolute atomic E-state index is 0.0587. The van der Waals surface area contributed by atoms with Crippen LogP contribution < -0.4 is 4.72 Å². The highest BCUT2D eigenvalue weighted by atomic mass is 32.2. The van der Waals surface area contributed by atoms with Crippen molar-refractivity contribution in [2.75, 3.05) is 13.2 Å². The first-order valence-electron chi connectivity index (χ1n) is 6.79. The molecule has 1 aromatic carbocycles. The monoisotopic (exact) mass is 314 g/mol. The van der Waals surface area contributed by atoms with E-state index >= 15 is 0 Å². The fourth-order valence-corrected chi connectivity index (χ4v) is 3.82. The van der Waals surface area contributed by atoms with E-state index in [2.05, 4.69) is 4.72 Å². The number of nitrogens with zero attached hydrogens (tertiary/aromatic N) is 1. The largest absolute Gasteiger partial charge is 0.396 e. The molecular formula is C13H18N2O5S. The summed E-state index contributed by atoms with van der Waals surface area (Å²) in [6, 6.07) is 4.96. The van der Waals surface area contributed by atoms with E-state index in [1.54, 1.807) is 0 Å². The number of aliphatic hydroxyl groups is 1. The van der Waals surface area contributed by atoms with Crippen LogP contribution in [-0.4, -0.2) is 31.6 Å². The molecule has 0 bridgehead atoms.